The molecule has 7 nitrogen and oxygen atoms in total. The summed E-state index contributed by atoms with van der Waals surface area (Å²) in [5.41, 5.74) is 5.29. The molecule has 2 amide bonds. The number of hydrogen-bond acceptors (Lipinski definition) is 5. The first kappa shape index (κ1) is 24.1. The van der Waals surface area contributed by atoms with E-state index in [2.05, 4.69) is 10.1 Å². The second-order valence-corrected chi connectivity index (χ2v) is 9.01. The van der Waals surface area contributed by atoms with E-state index in [0.717, 1.165) is 28.3 Å². The zero-order valence-corrected chi connectivity index (χ0v) is 21.0. The molecule has 2 heterocycles. The fourth-order valence-corrected chi connectivity index (χ4v) is 4.64. The van der Waals surface area contributed by atoms with Crippen LogP contribution in [0.2, 0.25) is 0 Å². The summed E-state index contributed by atoms with van der Waals surface area (Å²) >= 11 is 1.35. The van der Waals surface area contributed by atoms with E-state index in [1.54, 1.807) is 22.9 Å². The van der Waals surface area contributed by atoms with Crippen LogP contribution in [0.5, 0.6) is 0 Å². The number of hydrogen-bond donors (Lipinski definition) is 0. The molecule has 0 spiro atoms. The summed E-state index contributed by atoms with van der Waals surface area (Å²) in [7, 11) is 1.77. The highest BCUT2D eigenvalue weighted by molar-refractivity contribution is 7.14. The number of likely N-dealkylation sites (N-methyl/N-ethyl adjacent to an activating group) is 1. The minimum Gasteiger partial charge on any atom is -0.338 e. The lowest BCUT2D eigenvalue weighted by Gasteiger charge is -2.17. The van der Waals surface area contributed by atoms with Gasteiger partial charge in [-0.1, -0.05) is 36.4 Å². The van der Waals surface area contributed by atoms with Crippen LogP contribution in [0, 0.1) is 13.8 Å². The van der Waals surface area contributed by atoms with Crippen LogP contribution in [0.25, 0.3) is 11.8 Å². The molecule has 0 saturated carbocycles. The Bertz CT molecular complexity index is 1360. The second kappa shape index (κ2) is 10.5. The van der Waals surface area contributed by atoms with E-state index in [9.17, 15) is 9.59 Å². The topological polar surface area (TPSA) is 71.3 Å². The lowest BCUT2D eigenvalue weighted by molar-refractivity contribution is -0.125. The summed E-state index contributed by atoms with van der Waals surface area (Å²) in [6, 6.07) is 19.3. The minimum atomic E-state index is -0.141. The Morgan fingerprint density at radius 2 is 1.69 bits per heavy atom. The highest BCUT2D eigenvalue weighted by Crippen LogP contribution is 2.29. The van der Waals surface area contributed by atoms with Crippen molar-refractivity contribution in [3.8, 4) is 5.69 Å². The van der Waals surface area contributed by atoms with Crippen LogP contribution >= 0.6 is 11.3 Å². The van der Waals surface area contributed by atoms with Gasteiger partial charge in [0.1, 0.15) is 0 Å². The fourth-order valence-electron chi connectivity index (χ4n) is 3.78. The first-order chi connectivity index (χ1) is 16.8. The van der Waals surface area contributed by atoms with E-state index in [-0.39, 0.29) is 11.8 Å². The van der Waals surface area contributed by atoms with Gasteiger partial charge in [-0.2, -0.15) is 5.10 Å². The number of aryl methyl sites for hydroxylation is 1. The summed E-state index contributed by atoms with van der Waals surface area (Å²) in [5.74, 6) is -0.268. The van der Waals surface area contributed by atoms with Crippen molar-refractivity contribution in [1.82, 2.24) is 19.7 Å². The predicted octanol–water partition coefficient (Wildman–Crippen LogP) is 5.30. The molecular formula is C27H27N5O2S. The number of nitrogens with zero attached hydrogens (tertiary/aromatic N) is 5. The van der Waals surface area contributed by atoms with Crippen LogP contribution in [0.3, 0.4) is 0 Å². The first-order valence-electron chi connectivity index (χ1n) is 11.2. The summed E-state index contributed by atoms with van der Waals surface area (Å²) in [6.07, 6.45) is 3.18. The largest absolute Gasteiger partial charge is 0.338 e. The molecule has 8 heteroatoms. The van der Waals surface area contributed by atoms with Crippen molar-refractivity contribution in [2.45, 2.75) is 27.3 Å². The molecule has 0 saturated heterocycles. The molecule has 0 N–H and O–H groups in total. The highest BCUT2D eigenvalue weighted by Gasteiger charge is 2.18. The molecule has 0 radical (unpaired) electrons. The van der Waals surface area contributed by atoms with Gasteiger partial charge in [-0.3, -0.25) is 14.5 Å². The maximum Gasteiger partial charge on any atom is 0.246 e. The number of benzene rings is 2. The van der Waals surface area contributed by atoms with Crippen molar-refractivity contribution in [2.75, 3.05) is 11.9 Å². The van der Waals surface area contributed by atoms with Gasteiger partial charge in [0.2, 0.25) is 11.8 Å². The smallest absolute Gasteiger partial charge is 0.246 e. The highest BCUT2D eigenvalue weighted by atomic mass is 32.1. The maximum absolute atomic E-state index is 12.8. The Morgan fingerprint density at radius 3 is 2.34 bits per heavy atom. The normalized spacial score (nSPS) is 11.1. The number of anilines is 2. The predicted molar refractivity (Wildman–Crippen MR) is 140 cm³/mol. The first-order valence-corrected chi connectivity index (χ1v) is 12.1. The third-order valence-electron chi connectivity index (χ3n) is 5.64. The van der Waals surface area contributed by atoms with Crippen LogP contribution in [0.4, 0.5) is 10.8 Å². The Morgan fingerprint density at radius 1 is 1.03 bits per heavy atom. The number of rotatable bonds is 7. The average Bonchev–Trinajstić information content (AvgIpc) is 3.43. The number of aromatic nitrogens is 3. The third kappa shape index (κ3) is 5.38. The summed E-state index contributed by atoms with van der Waals surface area (Å²) in [5, 5.41) is 7.05. The summed E-state index contributed by atoms with van der Waals surface area (Å²) < 4.78 is 1.91. The number of thiazole rings is 1. The van der Waals surface area contributed by atoms with Gasteiger partial charge in [-0.25, -0.2) is 9.67 Å². The standard InChI is InChI=1S/C27H27N5O2S/c1-19-25(20(2)32(29-19)24-13-9-6-10-14-24)17-30(4)26(34)16-15-22-18-35-27(28-22)31(21(3)33)23-11-7-5-8-12-23/h5-16,18H,17H2,1-4H3. The van der Waals surface area contributed by atoms with E-state index < -0.39 is 0 Å². The molecule has 178 valence electrons. The Labute approximate surface area is 209 Å². The molecule has 35 heavy (non-hydrogen) atoms. The van der Waals surface area contributed by atoms with Crippen LogP contribution < -0.4 is 4.90 Å². The van der Waals surface area contributed by atoms with Gasteiger partial charge in [-0.15, -0.1) is 11.3 Å². The molecular weight excluding hydrogens is 458 g/mol. The van der Waals surface area contributed by atoms with E-state index in [4.69, 9.17) is 0 Å². The Hall–Kier alpha value is -4.04. The monoisotopic (exact) mass is 485 g/mol. The van der Waals surface area contributed by atoms with Gasteiger partial charge in [-0.05, 0) is 44.2 Å². The van der Waals surface area contributed by atoms with Gasteiger partial charge in [0, 0.05) is 43.2 Å². The third-order valence-corrected chi connectivity index (χ3v) is 6.48. The number of amides is 2. The van der Waals surface area contributed by atoms with Crippen molar-refractivity contribution in [2.24, 2.45) is 0 Å². The summed E-state index contributed by atoms with van der Waals surface area (Å²) in [4.78, 5) is 32.8. The van der Waals surface area contributed by atoms with Gasteiger partial charge >= 0.3 is 0 Å². The molecule has 4 aromatic rings. The number of carbonyl (C=O) groups is 2. The zero-order valence-electron chi connectivity index (χ0n) is 20.2. The second-order valence-electron chi connectivity index (χ2n) is 8.17. The molecule has 0 unspecified atom stereocenters. The van der Waals surface area contributed by atoms with Gasteiger partial charge in [0.25, 0.3) is 0 Å². The molecule has 0 aliphatic rings. The van der Waals surface area contributed by atoms with Gasteiger partial charge in [0.05, 0.1) is 22.8 Å². The molecule has 0 aliphatic heterocycles. The number of carbonyl (C=O) groups excluding carboxylic acids is 2. The van der Waals surface area contributed by atoms with Crippen molar-refractivity contribution < 1.29 is 9.59 Å². The van der Waals surface area contributed by atoms with Crippen molar-refractivity contribution in [1.29, 1.82) is 0 Å². The Kier molecular flexibility index (Phi) is 7.22. The van der Waals surface area contributed by atoms with E-state index in [1.807, 2.05) is 84.6 Å². The molecule has 2 aromatic heterocycles. The van der Waals surface area contributed by atoms with Crippen molar-refractivity contribution in [3.63, 3.8) is 0 Å². The molecule has 0 aliphatic carbocycles. The van der Waals surface area contributed by atoms with Crippen molar-refractivity contribution >= 4 is 40.0 Å². The van der Waals surface area contributed by atoms with E-state index in [0.29, 0.717) is 17.4 Å². The quantitative estimate of drug-likeness (QED) is 0.333. The van der Waals surface area contributed by atoms with Crippen LogP contribution in [0.1, 0.15) is 29.6 Å². The lowest BCUT2D eigenvalue weighted by Crippen LogP contribution is -2.24. The molecule has 0 fully saturated rings. The lowest BCUT2D eigenvalue weighted by atomic mass is 10.2. The Balaban J connectivity index is 1.46. The van der Waals surface area contributed by atoms with Crippen LogP contribution in [0.15, 0.2) is 72.1 Å². The van der Waals surface area contributed by atoms with Gasteiger partial charge < -0.3 is 4.90 Å². The molecule has 0 atom stereocenters. The minimum absolute atomic E-state index is 0.126. The maximum atomic E-state index is 12.8. The van der Waals surface area contributed by atoms with E-state index >= 15 is 0 Å². The molecule has 0 bridgehead atoms. The van der Waals surface area contributed by atoms with Crippen LogP contribution in [-0.2, 0) is 16.1 Å². The molecule has 4 rings (SSSR count). The average molecular weight is 486 g/mol. The molecule has 2 aromatic carbocycles. The number of para-hydroxylation sites is 2. The zero-order chi connectivity index (χ0) is 24.9. The van der Waals surface area contributed by atoms with Crippen molar-refractivity contribution in [3.05, 3.63) is 94.8 Å². The van der Waals surface area contributed by atoms with E-state index in [1.165, 1.54) is 24.3 Å². The summed E-state index contributed by atoms with van der Waals surface area (Å²) in [6.45, 7) is 5.93. The SMILES string of the molecule is CC(=O)N(c1ccccc1)c1nc(C=CC(=O)N(C)Cc2c(C)nn(-c3ccccc3)c2C)cs1. The van der Waals surface area contributed by atoms with Gasteiger partial charge in [0.15, 0.2) is 5.13 Å². The fraction of sp³-hybridized carbons (Fsp3) is 0.185. The van der Waals surface area contributed by atoms with Crippen LogP contribution in [-0.4, -0.2) is 38.5 Å².